The minimum Gasteiger partial charge on any atom is -0.248 e. The van der Waals surface area contributed by atoms with Crippen LogP contribution in [0, 0.1) is 21.8 Å². The van der Waals surface area contributed by atoms with Crippen molar-refractivity contribution in [2.75, 3.05) is 0 Å². The normalized spacial score (nSPS) is 12.3. The summed E-state index contributed by atoms with van der Waals surface area (Å²) < 4.78 is 0. The summed E-state index contributed by atoms with van der Waals surface area (Å²) in [6.45, 7) is 0. The first kappa shape index (κ1) is 11.4. The van der Waals surface area contributed by atoms with E-state index in [0.29, 0.717) is 5.56 Å². The number of benzene rings is 3. The molecule has 0 N–H and O–H groups in total. The molecule has 100 valence electrons. The van der Waals surface area contributed by atoms with Crippen molar-refractivity contribution in [1.29, 1.82) is 5.26 Å². The second-order valence-corrected chi connectivity index (χ2v) is 5.41. The van der Waals surface area contributed by atoms with Gasteiger partial charge in [-0.1, -0.05) is 36.4 Å². The lowest BCUT2D eigenvalue weighted by Crippen LogP contribution is -2.04. The molecule has 5 rings (SSSR count). The summed E-state index contributed by atoms with van der Waals surface area (Å²) in [5.41, 5.74) is 4.40. The Morgan fingerprint density at radius 2 is 1.59 bits per heavy atom. The van der Waals surface area contributed by atoms with Gasteiger partial charge in [0, 0.05) is 21.6 Å². The van der Waals surface area contributed by atoms with Gasteiger partial charge in [-0.2, -0.15) is 5.26 Å². The van der Waals surface area contributed by atoms with Gasteiger partial charge in [0.25, 0.3) is 0 Å². The second kappa shape index (κ2) is 3.90. The molecule has 0 saturated heterocycles. The highest BCUT2D eigenvalue weighted by Crippen LogP contribution is 2.36. The topological polar surface area (TPSA) is 48.5 Å². The molecule has 0 atom stereocenters. The molecule has 3 aromatic carbocycles. The van der Waals surface area contributed by atoms with Crippen molar-refractivity contribution in [3.8, 4) is 17.2 Å². The van der Waals surface area contributed by atoms with Crippen LogP contribution in [0.25, 0.3) is 11.1 Å². The Hall–Kier alpha value is -3.25. The Labute approximate surface area is 125 Å². The Balaban J connectivity index is 2.08. The third kappa shape index (κ3) is 1.29. The molecule has 0 aliphatic carbocycles. The lowest BCUT2D eigenvalue weighted by molar-refractivity contribution is 1.34. The number of para-hydroxylation sites is 2. The monoisotopic (exact) mass is 279 g/mol. The fourth-order valence-corrected chi connectivity index (χ4v) is 3.31. The molecule has 0 unspecified atom stereocenters. The molecule has 0 radical (unpaired) electrons. The van der Waals surface area contributed by atoms with Crippen molar-refractivity contribution >= 4 is 11.4 Å². The van der Waals surface area contributed by atoms with Crippen molar-refractivity contribution in [3.05, 3.63) is 81.3 Å². The first-order valence-electron chi connectivity index (χ1n) is 7.10. The number of nitrogens with zero attached hydrogens (tertiary/aromatic N) is 3. The van der Waals surface area contributed by atoms with Gasteiger partial charge in [0.05, 0.1) is 27.7 Å². The van der Waals surface area contributed by atoms with Gasteiger partial charge in [-0.3, -0.25) is 0 Å². The quantitative estimate of drug-likeness (QED) is 0.430. The van der Waals surface area contributed by atoms with Crippen molar-refractivity contribution in [3.63, 3.8) is 0 Å². The molecule has 3 heteroatoms. The van der Waals surface area contributed by atoms with Crippen LogP contribution in [0.1, 0.15) is 5.56 Å². The van der Waals surface area contributed by atoms with Crippen LogP contribution >= 0.6 is 0 Å². The number of rotatable bonds is 0. The number of hydrogen-bond acceptors (Lipinski definition) is 3. The fraction of sp³-hybridized carbons (Fsp3) is 0. The van der Waals surface area contributed by atoms with Gasteiger partial charge in [-0.05, 0) is 18.2 Å². The van der Waals surface area contributed by atoms with E-state index in [0.717, 1.165) is 43.7 Å². The van der Waals surface area contributed by atoms with Gasteiger partial charge in [0.15, 0.2) is 0 Å². The van der Waals surface area contributed by atoms with Crippen molar-refractivity contribution in [1.82, 2.24) is 0 Å². The van der Waals surface area contributed by atoms with Crippen LogP contribution in [0.4, 0.5) is 11.4 Å². The fourth-order valence-electron chi connectivity index (χ4n) is 3.31. The van der Waals surface area contributed by atoms with E-state index in [-0.39, 0.29) is 0 Å². The van der Waals surface area contributed by atoms with E-state index in [1.54, 1.807) is 0 Å². The van der Waals surface area contributed by atoms with Crippen molar-refractivity contribution in [2.24, 2.45) is 9.98 Å². The Morgan fingerprint density at radius 1 is 0.818 bits per heavy atom. The summed E-state index contributed by atoms with van der Waals surface area (Å²) in [6.07, 6.45) is 0. The van der Waals surface area contributed by atoms with Crippen LogP contribution in [0.5, 0.6) is 0 Å². The molecule has 22 heavy (non-hydrogen) atoms. The molecule has 0 fully saturated rings. The molecule has 0 aromatic heterocycles. The van der Waals surface area contributed by atoms with Crippen LogP contribution < -0.4 is 10.7 Å². The largest absolute Gasteiger partial charge is 0.248 e. The molecule has 2 aliphatic heterocycles. The van der Waals surface area contributed by atoms with Gasteiger partial charge < -0.3 is 0 Å². The predicted molar refractivity (Wildman–Crippen MR) is 82.3 cm³/mol. The maximum atomic E-state index is 9.78. The van der Waals surface area contributed by atoms with Gasteiger partial charge in [-0.15, -0.1) is 0 Å². The maximum absolute atomic E-state index is 9.78. The second-order valence-electron chi connectivity index (χ2n) is 5.41. The number of nitriles is 1. The van der Waals surface area contributed by atoms with E-state index < -0.39 is 0 Å². The highest BCUT2D eigenvalue weighted by atomic mass is 14.8. The van der Waals surface area contributed by atoms with Crippen LogP contribution in [0.3, 0.4) is 0 Å². The molecule has 2 heterocycles. The van der Waals surface area contributed by atoms with Crippen molar-refractivity contribution in [2.45, 2.75) is 0 Å². The lowest BCUT2D eigenvalue weighted by atomic mass is 9.97. The van der Waals surface area contributed by atoms with E-state index >= 15 is 0 Å². The van der Waals surface area contributed by atoms with Gasteiger partial charge in [-0.25, -0.2) is 9.98 Å². The lowest BCUT2D eigenvalue weighted by Gasteiger charge is -2.03. The first-order valence-corrected chi connectivity index (χ1v) is 7.10. The summed E-state index contributed by atoms with van der Waals surface area (Å²) in [7, 11) is 0. The Kier molecular flexibility index (Phi) is 2.02. The zero-order valence-corrected chi connectivity index (χ0v) is 11.5. The third-order valence-electron chi connectivity index (χ3n) is 4.23. The van der Waals surface area contributed by atoms with Crippen LogP contribution in [-0.4, -0.2) is 0 Å². The van der Waals surface area contributed by atoms with E-state index in [9.17, 15) is 5.26 Å². The zero-order valence-electron chi connectivity index (χ0n) is 11.5. The Morgan fingerprint density at radius 3 is 2.50 bits per heavy atom. The third-order valence-corrected chi connectivity index (χ3v) is 4.23. The molecule has 0 spiro atoms. The van der Waals surface area contributed by atoms with E-state index in [1.165, 1.54) is 0 Å². The molecule has 0 amide bonds. The molecular weight excluding hydrogens is 270 g/mol. The number of fused-ring (bicyclic) bond motifs is 5. The first-order chi connectivity index (χ1) is 10.9. The Bertz CT molecular complexity index is 1230. The zero-order chi connectivity index (χ0) is 14.7. The average Bonchev–Trinajstić information content (AvgIpc) is 3.10. The van der Waals surface area contributed by atoms with Crippen LogP contribution in [0.15, 0.2) is 64.6 Å². The van der Waals surface area contributed by atoms with E-state index in [4.69, 9.17) is 0 Å². The van der Waals surface area contributed by atoms with E-state index in [1.807, 2.05) is 54.6 Å². The van der Waals surface area contributed by atoms with Crippen LogP contribution in [-0.2, 0) is 0 Å². The minimum absolute atomic E-state index is 0.676. The molecular formula is C19H9N3. The maximum Gasteiger partial charge on any atom is 0.101 e. The highest BCUT2D eigenvalue weighted by Gasteiger charge is 2.21. The number of hydrogen-bond donors (Lipinski definition) is 0. The van der Waals surface area contributed by atoms with E-state index in [2.05, 4.69) is 16.1 Å². The molecule has 3 aromatic rings. The summed E-state index contributed by atoms with van der Waals surface area (Å²) in [5, 5.41) is 13.5. The smallest absolute Gasteiger partial charge is 0.101 e. The van der Waals surface area contributed by atoms with Gasteiger partial charge in [0.1, 0.15) is 6.07 Å². The molecule has 3 nitrogen and oxygen atoms in total. The SMILES string of the molecule is N#Cc1c2c(cc3c1=c1ccccc1=N3)=Nc1ccccc1-2. The van der Waals surface area contributed by atoms with Gasteiger partial charge in [0.2, 0.25) is 0 Å². The minimum atomic E-state index is 0.676. The summed E-state index contributed by atoms with van der Waals surface area (Å²) in [6, 6.07) is 20.3. The molecule has 2 aliphatic rings. The summed E-state index contributed by atoms with van der Waals surface area (Å²) >= 11 is 0. The average molecular weight is 279 g/mol. The van der Waals surface area contributed by atoms with Crippen molar-refractivity contribution < 1.29 is 0 Å². The molecule has 0 bridgehead atoms. The highest BCUT2D eigenvalue weighted by molar-refractivity contribution is 5.84. The van der Waals surface area contributed by atoms with Crippen LogP contribution in [0.2, 0.25) is 0 Å². The van der Waals surface area contributed by atoms with Gasteiger partial charge >= 0.3 is 0 Å². The predicted octanol–water partition coefficient (Wildman–Crippen LogP) is 3.04. The summed E-state index contributed by atoms with van der Waals surface area (Å²) in [4.78, 5) is 9.31. The summed E-state index contributed by atoms with van der Waals surface area (Å²) in [5.74, 6) is 0. The molecule has 0 saturated carbocycles. The standard InChI is InChI=1S/C19H9N3/c20-10-13-18-11-5-1-3-7-14(11)21-16(18)9-17-19(13)12-6-2-4-8-15(12)22-17/h1-9H.